The molecule has 25 heavy (non-hydrogen) atoms. The van der Waals surface area contributed by atoms with E-state index in [4.69, 9.17) is 4.74 Å². The summed E-state index contributed by atoms with van der Waals surface area (Å²) in [6.45, 7) is 2.62. The first kappa shape index (κ1) is 15.7. The number of ether oxygens (including phenoxy) is 1. The second-order valence-electron chi connectivity index (χ2n) is 6.63. The summed E-state index contributed by atoms with van der Waals surface area (Å²) in [6, 6.07) is 14.2. The summed E-state index contributed by atoms with van der Waals surface area (Å²) in [4.78, 5) is 15.1. The van der Waals surface area contributed by atoms with Gasteiger partial charge in [0.1, 0.15) is 5.75 Å². The van der Waals surface area contributed by atoms with Gasteiger partial charge in [0.25, 0.3) is 5.91 Å². The molecule has 4 rings (SSSR count). The second kappa shape index (κ2) is 6.24. The third kappa shape index (κ3) is 3.09. The van der Waals surface area contributed by atoms with Crippen molar-refractivity contribution in [3.05, 3.63) is 59.3 Å². The van der Waals surface area contributed by atoms with Crippen molar-refractivity contribution in [2.45, 2.75) is 32.4 Å². The smallest absolute Gasteiger partial charge is 0.275 e. The van der Waals surface area contributed by atoms with Crippen molar-refractivity contribution in [3.63, 3.8) is 0 Å². The Bertz CT molecular complexity index is 910. The number of aryl methyl sites for hydroxylation is 1. The maximum atomic E-state index is 13.2. The quantitative estimate of drug-likeness (QED) is 0.774. The first-order valence-electron chi connectivity index (χ1n) is 8.54. The van der Waals surface area contributed by atoms with Crippen LogP contribution in [0.2, 0.25) is 0 Å². The normalized spacial score (nSPS) is 13.8. The summed E-state index contributed by atoms with van der Waals surface area (Å²) in [5.41, 5.74) is 3.63. The average Bonchev–Trinajstić information content (AvgIpc) is 3.39. The standard InChI is InChI=1S/C20H21N3O2/c1-13-3-10-18-17(11-13)19(22-21-18)20(24)23(15-6-7-15)12-14-4-8-16(25-2)9-5-14/h3-5,8-11,15H,6-7,12H2,1-2H3,(H,21,22). The van der Waals surface area contributed by atoms with E-state index in [-0.39, 0.29) is 5.91 Å². The Morgan fingerprint density at radius 1 is 1.24 bits per heavy atom. The number of fused-ring (bicyclic) bond motifs is 1. The van der Waals surface area contributed by atoms with E-state index in [1.54, 1.807) is 7.11 Å². The zero-order valence-corrected chi connectivity index (χ0v) is 14.5. The molecule has 0 bridgehead atoms. The first-order valence-corrected chi connectivity index (χ1v) is 8.54. The minimum atomic E-state index is -0.00447. The van der Waals surface area contributed by atoms with Crippen LogP contribution < -0.4 is 4.74 Å². The zero-order valence-electron chi connectivity index (χ0n) is 14.5. The molecule has 1 aliphatic carbocycles. The van der Waals surface area contributed by atoms with Crippen LogP contribution in [0.15, 0.2) is 42.5 Å². The molecule has 1 N–H and O–H groups in total. The van der Waals surface area contributed by atoms with Crippen LogP contribution in [-0.2, 0) is 6.54 Å². The number of H-pyrrole nitrogens is 1. The molecular formula is C20H21N3O2. The summed E-state index contributed by atoms with van der Waals surface area (Å²) in [7, 11) is 1.65. The highest BCUT2D eigenvalue weighted by atomic mass is 16.5. The molecule has 5 heteroatoms. The minimum Gasteiger partial charge on any atom is -0.497 e. The van der Waals surface area contributed by atoms with E-state index in [2.05, 4.69) is 10.2 Å². The molecule has 128 valence electrons. The van der Waals surface area contributed by atoms with Gasteiger partial charge >= 0.3 is 0 Å². The van der Waals surface area contributed by atoms with Crippen molar-refractivity contribution in [2.24, 2.45) is 0 Å². The molecule has 0 unspecified atom stereocenters. The predicted molar refractivity (Wildman–Crippen MR) is 96.7 cm³/mol. The lowest BCUT2D eigenvalue weighted by atomic mass is 10.1. The Hall–Kier alpha value is -2.82. The number of nitrogens with zero attached hydrogens (tertiary/aromatic N) is 2. The number of hydrogen-bond donors (Lipinski definition) is 1. The molecule has 1 saturated carbocycles. The van der Waals surface area contributed by atoms with Gasteiger partial charge in [-0.3, -0.25) is 9.89 Å². The predicted octanol–water partition coefficient (Wildman–Crippen LogP) is 3.68. The molecule has 0 aliphatic heterocycles. The number of hydrogen-bond acceptors (Lipinski definition) is 3. The van der Waals surface area contributed by atoms with Crippen molar-refractivity contribution in [1.29, 1.82) is 0 Å². The number of nitrogens with one attached hydrogen (secondary N) is 1. The van der Waals surface area contributed by atoms with Crippen LogP contribution >= 0.6 is 0 Å². The molecule has 0 atom stereocenters. The third-order valence-electron chi connectivity index (χ3n) is 4.68. The molecule has 5 nitrogen and oxygen atoms in total. The van der Waals surface area contributed by atoms with Crippen LogP contribution in [0.25, 0.3) is 10.9 Å². The Kier molecular flexibility index (Phi) is 3.92. The van der Waals surface area contributed by atoms with E-state index in [9.17, 15) is 4.79 Å². The molecule has 1 aliphatic rings. The number of amides is 1. The molecule has 3 aromatic rings. The van der Waals surface area contributed by atoms with Crippen molar-refractivity contribution in [2.75, 3.05) is 7.11 Å². The molecule has 1 fully saturated rings. The summed E-state index contributed by atoms with van der Waals surface area (Å²) in [6.07, 6.45) is 2.12. The lowest BCUT2D eigenvalue weighted by molar-refractivity contribution is 0.0726. The Labute approximate surface area is 146 Å². The Morgan fingerprint density at radius 3 is 2.68 bits per heavy atom. The van der Waals surface area contributed by atoms with E-state index in [0.717, 1.165) is 40.6 Å². The molecule has 1 heterocycles. The van der Waals surface area contributed by atoms with E-state index in [1.807, 2.05) is 54.3 Å². The third-order valence-corrected chi connectivity index (χ3v) is 4.68. The molecular weight excluding hydrogens is 314 g/mol. The minimum absolute atomic E-state index is 0.00447. The highest BCUT2D eigenvalue weighted by Crippen LogP contribution is 2.31. The van der Waals surface area contributed by atoms with Gasteiger partial charge in [0.2, 0.25) is 0 Å². The molecule has 0 spiro atoms. The van der Waals surface area contributed by atoms with Gasteiger partial charge in [0, 0.05) is 18.0 Å². The van der Waals surface area contributed by atoms with Crippen molar-refractivity contribution < 1.29 is 9.53 Å². The lowest BCUT2D eigenvalue weighted by Gasteiger charge is -2.22. The SMILES string of the molecule is COc1ccc(CN(C(=O)c2n[nH]c3ccc(C)cc23)C2CC2)cc1. The number of carbonyl (C=O) groups excluding carboxylic acids is 1. The second-order valence-corrected chi connectivity index (χ2v) is 6.63. The van der Waals surface area contributed by atoms with Gasteiger partial charge in [-0.2, -0.15) is 5.10 Å². The lowest BCUT2D eigenvalue weighted by Crippen LogP contribution is -2.33. The highest BCUT2D eigenvalue weighted by Gasteiger charge is 2.34. The van der Waals surface area contributed by atoms with Crippen LogP contribution in [0.1, 0.15) is 34.5 Å². The number of aromatic nitrogens is 2. The van der Waals surface area contributed by atoms with Gasteiger partial charge in [-0.1, -0.05) is 23.8 Å². The fourth-order valence-corrected chi connectivity index (χ4v) is 3.11. The van der Waals surface area contributed by atoms with Crippen molar-refractivity contribution >= 4 is 16.8 Å². The number of rotatable bonds is 5. The van der Waals surface area contributed by atoms with Crippen molar-refractivity contribution in [3.8, 4) is 5.75 Å². The van der Waals surface area contributed by atoms with Crippen molar-refractivity contribution in [1.82, 2.24) is 15.1 Å². The average molecular weight is 335 g/mol. The van der Waals surface area contributed by atoms with Gasteiger partial charge in [0.15, 0.2) is 5.69 Å². The summed E-state index contributed by atoms with van der Waals surface area (Å²) < 4.78 is 5.21. The van der Waals surface area contributed by atoms with Crippen LogP contribution in [0.5, 0.6) is 5.75 Å². The van der Waals surface area contributed by atoms with Gasteiger partial charge in [-0.25, -0.2) is 0 Å². The first-order chi connectivity index (χ1) is 12.2. The summed E-state index contributed by atoms with van der Waals surface area (Å²) in [5.74, 6) is 0.817. The number of aromatic amines is 1. The van der Waals surface area contributed by atoms with E-state index < -0.39 is 0 Å². The molecule has 1 amide bonds. The van der Waals surface area contributed by atoms with Gasteiger partial charge < -0.3 is 9.64 Å². The van der Waals surface area contributed by atoms with E-state index in [1.165, 1.54) is 0 Å². The van der Waals surface area contributed by atoms with E-state index >= 15 is 0 Å². The fourth-order valence-electron chi connectivity index (χ4n) is 3.11. The summed E-state index contributed by atoms with van der Waals surface area (Å²) in [5, 5.41) is 8.17. The fraction of sp³-hybridized carbons (Fsp3) is 0.300. The molecule has 0 saturated heterocycles. The Morgan fingerprint density at radius 2 is 2.00 bits per heavy atom. The highest BCUT2D eigenvalue weighted by molar-refractivity contribution is 6.05. The van der Waals surface area contributed by atoms with Crippen LogP contribution in [0.4, 0.5) is 0 Å². The largest absolute Gasteiger partial charge is 0.497 e. The number of carbonyl (C=O) groups is 1. The molecule has 1 aromatic heterocycles. The molecule has 0 radical (unpaired) electrons. The maximum absolute atomic E-state index is 13.2. The maximum Gasteiger partial charge on any atom is 0.275 e. The topological polar surface area (TPSA) is 58.2 Å². The van der Waals surface area contributed by atoms with E-state index in [0.29, 0.717) is 18.3 Å². The Balaban J connectivity index is 1.63. The molecule has 2 aromatic carbocycles. The van der Waals surface area contributed by atoms with Crippen LogP contribution in [-0.4, -0.2) is 34.2 Å². The number of benzene rings is 2. The monoisotopic (exact) mass is 335 g/mol. The number of methoxy groups -OCH3 is 1. The van der Waals surface area contributed by atoms with Crippen LogP contribution in [0, 0.1) is 6.92 Å². The van der Waals surface area contributed by atoms with Gasteiger partial charge in [-0.05, 0) is 49.6 Å². The summed E-state index contributed by atoms with van der Waals surface area (Å²) >= 11 is 0. The van der Waals surface area contributed by atoms with Gasteiger partial charge in [-0.15, -0.1) is 0 Å². The van der Waals surface area contributed by atoms with Crippen LogP contribution in [0.3, 0.4) is 0 Å². The zero-order chi connectivity index (χ0) is 17.4. The van der Waals surface area contributed by atoms with Gasteiger partial charge in [0.05, 0.1) is 12.6 Å².